The van der Waals surface area contributed by atoms with E-state index in [9.17, 15) is 0 Å². The molecule has 23 heavy (non-hydrogen) atoms. The average molecular weight is 335 g/mol. The van der Waals surface area contributed by atoms with Gasteiger partial charge in [0.05, 0.1) is 6.61 Å². The van der Waals surface area contributed by atoms with Crippen molar-refractivity contribution in [3.8, 4) is 0 Å². The Morgan fingerprint density at radius 2 is 2.00 bits per heavy atom. The van der Waals surface area contributed by atoms with Crippen LogP contribution in [0, 0.1) is 5.92 Å². The molecule has 0 bridgehead atoms. The number of likely N-dealkylation sites (tertiary alicyclic amines) is 1. The largest absolute Gasteiger partial charge is 0.381 e. The topological polar surface area (TPSA) is 24.5 Å². The molecule has 2 heterocycles. The van der Waals surface area contributed by atoms with Crippen LogP contribution >= 0.6 is 11.8 Å². The minimum atomic E-state index is 0.478. The second-order valence-electron chi connectivity index (χ2n) is 6.89. The summed E-state index contributed by atoms with van der Waals surface area (Å²) in [5.74, 6) is 1.91. The van der Waals surface area contributed by atoms with E-state index in [1.165, 1.54) is 44.5 Å². The first kappa shape index (κ1) is 17.3. The average Bonchev–Trinajstić information content (AvgIpc) is 3.10. The molecule has 2 saturated heterocycles. The molecule has 4 heteroatoms. The lowest BCUT2D eigenvalue weighted by molar-refractivity contribution is 0.145. The van der Waals surface area contributed by atoms with Gasteiger partial charge in [0.25, 0.3) is 0 Å². The Labute approximate surface area is 145 Å². The number of nitrogens with zero attached hydrogens (tertiary/aromatic N) is 1. The van der Waals surface area contributed by atoms with E-state index >= 15 is 0 Å². The van der Waals surface area contributed by atoms with Gasteiger partial charge in [-0.1, -0.05) is 30.3 Å². The summed E-state index contributed by atoms with van der Waals surface area (Å²) in [5.41, 5.74) is 1.42. The standard InChI is InChI=1S/C19H30N2OS/c1-23-15-19(17-5-3-2-4-6-17)20-18-7-10-21(11-8-18)13-16-9-12-22-14-16/h2-6,16,18-20H,7-15H2,1H3/t16-,19-/m1/s1. The number of benzene rings is 1. The van der Waals surface area contributed by atoms with Crippen molar-refractivity contribution in [2.45, 2.75) is 31.3 Å². The van der Waals surface area contributed by atoms with Gasteiger partial charge in [-0.3, -0.25) is 0 Å². The first-order chi connectivity index (χ1) is 11.3. The molecule has 0 amide bonds. The third-order valence-corrected chi connectivity index (χ3v) is 5.77. The highest BCUT2D eigenvalue weighted by atomic mass is 32.2. The van der Waals surface area contributed by atoms with Gasteiger partial charge in [0.15, 0.2) is 0 Å². The molecule has 2 aliphatic heterocycles. The summed E-state index contributed by atoms with van der Waals surface area (Å²) in [6, 6.07) is 12.0. The maximum Gasteiger partial charge on any atom is 0.0507 e. The van der Waals surface area contributed by atoms with Crippen molar-refractivity contribution < 1.29 is 4.74 Å². The van der Waals surface area contributed by atoms with E-state index in [0.29, 0.717) is 12.1 Å². The summed E-state index contributed by atoms with van der Waals surface area (Å²) in [7, 11) is 0. The fraction of sp³-hybridized carbons (Fsp3) is 0.684. The Morgan fingerprint density at radius 1 is 1.22 bits per heavy atom. The summed E-state index contributed by atoms with van der Waals surface area (Å²) in [4.78, 5) is 2.64. The summed E-state index contributed by atoms with van der Waals surface area (Å²) in [6.45, 7) is 5.64. The second kappa shape index (κ2) is 9.07. The predicted octanol–water partition coefficient (Wildman–Crippen LogP) is 3.18. The molecule has 0 unspecified atom stereocenters. The maximum atomic E-state index is 5.51. The zero-order chi connectivity index (χ0) is 15.9. The number of hydrogen-bond acceptors (Lipinski definition) is 4. The van der Waals surface area contributed by atoms with Gasteiger partial charge in [0.2, 0.25) is 0 Å². The summed E-state index contributed by atoms with van der Waals surface area (Å²) in [6.07, 6.45) is 5.99. The number of hydrogen-bond donors (Lipinski definition) is 1. The number of rotatable bonds is 7. The minimum Gasteiger partial charge on any atom is -0.381 e. The van der Waals surface area contributed by atoms with Crippen molar-refractivity contribution in [3.63, 3.8) is 0 Å². The highest BCUT2D eigenvalue weighted by Crippen LogP contribution is 2.22. The molecule has 128 valence electrons. The van der Waals surface area contributed by atoms with Crippen LogP contribution < -0.4 is 5.32 Å². The van der Waals surface area contributed by atoms with Gasteiger partial charge in [0, 0.05) is 31.0 Å². The molecule has 0 aromatic heterocycles. The van der Waals surface area contributed by atoms with Crippen molar-refractivity contribution >= 4 is 11.8 Å². The highest BCUT2D eigenvalue weighted by molar-refractivity contribution is 7.98. The molecule has 3 rings (SSSR count). The van der Waals surface area contributed by atoms with Crippen molar-refractivity contribution in [2.75, 3.05) is 44.9 Å². The maximum absolute atomic E-state index is 5.51. The first-order valence-electron chi connectivity index (χ1n) is 8.95. The van der Waals surface area contributed by atoms with Crippen molar-refractivity contribution in [2.24, 2.45) is 5.92 Å². The zero-order valence-electron chi connectivity index (χ0n) is 14.2. The van der Waals surface area contributed by atoms with Gasteiger partial charge >= 0.3 is 0 Å². The van der Waals surface area contributed by atoms with Crippen LogP contribution in [0.15, 0.2) is 30.3 Å². The molecule has 2 fully saturated rings. The SMILES string of the molecule is CSC[C@@H](NC1CCN(C[C@H]2CCOC2)CC1)c1ccccc1. The van der Waals surface area contributed by atoms with E-state index < -0.39 is 0 Å². The molecule has 1 aromatic carbocycles. The molecule has 3 nitrogen and oxygen atoms in total. The third-order valence-electron chi connectivity index (χ3n) is 5.10. The quantitative estimate of drug-likeness (QED) is 0.828. The van der Waals surface area contributed by atoms with Gasteiger partial charge < -0.3 is 15.0 Å². The first-order valence-corrected chi connectivity index (χ1v) is 10.3. The molecular formula is C19H30N2OS. The predicted molar refractivity (Wildman–Crippen MR) is 99.1 cm³/mol. The van der Waals surface area contributed by atoms with E-state index in [2.05, 4.69) is 46.8 Å². The van der Waals surface area contributed by atoms with Gasteiger partial charge in [-0.2, -0.15) is 11.8 Å². The van der Waals surface area contributed by atoms with Crippen molar-refractivity contribution in [1.82, 2.24) is 10.2 Å². The van der Waals surface area contributed by atoms with Crippen LogP contribution in [0.1, 0.15) is 30.9 Å². The third kappa shape index (κ3) is 5.21. The lowest BCUT2D eigenvalue weighted by atomic mass is 10.00. The number of piperidine rings is 1. The van der Waals surface area contributed by atoms with Crippen molar-refractivity contribution in [3.05, 3.63) is 35.9 Å². The van der Waals surface area contributed by atoms with Crippen molar-refractivity contribution in [1.29, 1.82) is 0 Å². The summed E-state index contributed by atoms with van der Waals surface area (Å²) < 4.78 is 5.51. The van der Waals surface area contributed by atoms with E-state index in [-0.39, 0.29) is 0 Å². The van der Waals surface area contributed by atoms with Crippen LogP contribution in [0.3, 0.4) is 0 Å². The normalized spacial score (nSPS) is 24.8. The lowest BCUT2D eigenvalue weighted by Crippen LogP contribution is -2.45. The van der Waals surface area contributed by atoms with Gasteiger partial charge in [-0.15, -0.1) is 0 Å². The van der Waals surface area contributed by atoms with Gasteiger partial charge in [-0.25, -0.2) is 0 Å². The number of ether oxygens (including phenoxy) is 1. The second-order valence-corrected chi connectivity index (χ2v) is 7.80. The molecule has 1 aromatic rings. The summed E-state index contributed by atoms with van der Waals surface area (Å²) >= 11 is 1.93. The molecular weight excluding hydrogens is 304 g/mol. The van der Waals surface area contributed by atoms with Crippen LogP contribution in [-0.2, 0) is 4.74 Å². The van der Waals surface area contributed by atoms with Crippen LogP contribution in [0.5, 0.6) is 0 Å². The molecule has 2 aliphatic rings. The Hall–Kier alpha value is -0.550. The van der Waals surface area contributed by atoms with Crippen LogP contribution in [0.4, 0.5) is 0 Å². The Balaban J connectivity index is 1.46. The van der Waals surface area contributed by atoms with E-state index in [4.69, 9.17) is 4.74 Å². The Morgan fingerprint density at radius 3 is 2.65 bits per heavy atom. The number of thioether (sulfide) groups is 1. The van der Waals surface area contributed by atoms with Gasteiger partial charge in [-0.05, 0) is 50.1 Å². The molecule has 0 radical (unpaired) electrons. The molecule has 2 atom stereocenters. The molecule has 0 aliphatic carbocycles. The van der Waals surface area contributed by atoms with Crippen LogP contribution in [-0.4, -0.2) is 55.8 Å². The minimum absolute atomic E-state index is 0.478. The zero-order valence-corrected chi connectivity index (χ0v) is 15.1. The molecule has 0 spiro atoms. The monoisotopic (exact) mass is 334 g/mol. The van der Waals surface area contributed by atoms with E-state index in [1.807, 2.05) is 11.8 Å². The van der Waals surface area contributed by atoms with Gasteiger partial charge in [0.1, 0.15) is 0 Å². The molecule has 1 N–H and O–H groups in total. The van der Waals surface area contributed by atoms with Crippen LogP contribution in [0.2, 0.25) is 0 Å². The lowest BCUT2D eigenvalue weighted by Gasteiger charge is -2.35. The number of nitrogens with one attached hydrogen (secondary N) is 1. The van der Waals surface area contributed by atoms with E-state index in [0.717, 1.165) is 24.9 Å². The fourth-order valence-electron chi connectivity index (χ4n) is 3.75. The highest BCUT2D eigenvalue weighted by Gasteiger charge is 2.25. The smallest absolute Gasteiger partial charge is 0.0507 e. The fourth-order valence-corrected chi connectivity index (χ4v) is 4.37. The summed E-state index contributed by atoms with van der Waals surface area (Å²) in [5, 5.41) is 3.92. The molecule has 0 saturated carbocycles. The Bertz CT molecular complexity index is 442. The van der Waals surface area contributed by atoms with E-state index in [1.54, 1.807) is 0 Å². The van der Waals surface area contributed by atoms with Crippen LogP contribution in [0.25, 0.3) is 0 Å². The Kier molecular flexibility index (Phi) is 6.81.